The van der Waals surface area contributed by atoms with Gasteiger partial charge in [0, 0.05) is 24.7 Å². The summed E-state index contributed by atoms with van der Waals surface area (Å²) in [6.45, 7) is 5.31. The molecule has 0 bridgehead atoms. The maximum absolute atomic E-state index is 5.81. The standard InChI is InChI=1S/C17H26N2O/c1(4-10-18-16-8-9-16)5-11-19-12-13-20-17-7-3-2-6-15(17)14-19/h2-3,6-7,16,18H,1,4-5,8-14H2. The van der Waals surface area contributed by atoms with Crippen LogP contribution in [0.1, 0.15) is 37.7 Å². The monoisotopic (exact) mass is 274 g/mol. The third-order valence-corrected chi connectivity index (χ3v) is 4.19. The zero-order valence-corrected chi connectivity index (χ0v) is 12.3. The molecule has 0 aromatic heterocycles. The molecule has 0 atom stereocenters. The van der Waals surface area contributed by atoms with Gasteiger partial charge in [0.05, 0.1) is 0 Å². The number of hydrogen-bond acceptors (Lipinski definition) is 3. The van der Waals surface area contributed by atoms with Crippen LogP contribution in [0.25, 0.3) is 0 Å². The molecular weight excluding hydrogens is 248 g/mol. The summed E-state index contributed by atoms with van der Waals surface area (Å²) in [7, 11) is 0. The molecule has 3 nitrogen and oxygen atoms in total. The Bertz CT molecular complexity index is 417. The van der Waals surface area contributed by atoms with Gasteiger partial charge in [0.2, 0.25) is 0 Å². The van der Waals surface area contributed by atoms with Crippen molar-refractivity contribution in [1.29, 1.82) is 0 Å². The highest BCUT2D eigenvalue weighted by atomic mass is 16.5. The number of ether oxygens (including phenoxy) is 1. The van der Waals surface area contributed by atoms with Crippen LogP contribution in [-0.4, -0.2) is 37.2 Å². The van der Waals surface area contributed by atoms with Gasteiger partial charge in [-0.25, -0.2) is 0 Å². The van der Waals surface area contributed by atoms with Crippen molar-refractivity contribution in [1.82, 2.24) is 10.2 Å². The molecule has 3 heteroatoms. The maximum Gasteiger partial charge on any atom is 0.123 e. The van der Waals surface area contributed by atoms with Crippen molar-refractivity contribution in [3.05, 3.63) is 29.8 Å². The Labute approximate surface area is 122 Å². The quantitative estimate of drug-likeness (QED) is 0.774. The summed E-state index contributed by atoms with van der Waals surface area (Å²) < 4.78 is 5.81. The van der Waals surface area contributed by atoms with Gasteiger partial charge < -0.3 is 10.1 Å². The summed E-state index contributed by atoms with van der Waals surface area (Å²) in [6.07, 6.45) is 6.74. The van der Waals surface area contributed by atoms with E-state index in [1.165, 1.54) is 50.8 Å². The number of rotatable bonds is 7. The van der Waals surface area contributed by atoms with Crippen LogP contribution < -0.4 is 10.1 Å². The van der Waals surface area contributed by atoms with Gasteiger partial charge in [-0.05, 0) is 44.8 Å². The third kappa shape index (κ3) is 4.22. The molecule has 1 aromatic carbocycles. The molecule has 0 amide bonds. The second-order valence-electron chi connectivity index (χ2n) is 6.02. The van der Waals surface area contributed by atoms with Crippen molar-refractivity contribution in [3.63, 3.8) is 0 Å². The van der Waals surface area contributed by atoms with Gasteiger partial charge in [0.15, 0.2) is 0 Å². The molecule has 1 fully saturated rings. The van der Waals surface area contributed by atoms with Crippen LogP contribution in [0.2, 0.25) is 0 Å². The highest BCUT2D eigenvalue weighted by molar-refractivity contribution is 5.33. The molecule has 1 aromatic rings. The van der Waals surface area contributed by atoms with Crippen LogP contribution in [0.5, 0.6) is 5.75 Å². The summed E-state index contributed by atoms with van der Waals surface area (Å²) in [5.41, 5.74) is 1.33. The van der Waals surface area contributed by atoms with Gasteiger partial charge in [-0.3, -0.25) is 4.90 Å². The summed E-state index contributed by atoms with van der Waals surface area (Å²) in [6, 6.07) is 9.29. The van der Waals surface area contributed by atoms with Crippen molar-refractivity contribution in [2.24, 2.45) is 0 Å². The molecule has 0 radical (unpaired) electrons. The maximum atomic E-state index is 5.81. The Morgan fingerprint density at radius 3 is 2.95 bits per heavy atom. The molecule has 110 valence electrons. The van der Waals surface area contributed by atoms with E-state index in [9.17, 15) is 0 Å². The number of hydrogen-bond donors (Lipinski definition) is 1. The van der Waals surface area contributed by atoms with Crippen LogP contribution in [0.4, 0.5) is 0 Å². The van der Waals surface area contributed by atoms with Crippen LogP contribution in [0.15, 0.2) is 24.3 Å². The van der Waals surface area contributed by atoms with Crippen molar-refractivity contribution < 1.29 is 4.74 Å². The summed E-state index contributed by atoms with van der Waals surface area (Å²) in [5, 5.41) is 3.58. The Balaban J connectivity index is 1.35. The Kier molecular flexibility index (Phi) is 4.93. The second-order valence-corrected chi connectivity index (χ2v) is 6.02. The Hall–Kier alpha value is -1.06. The van der Waals surface area contributed by atoms with Gasteiger partial charge in [-0.2, -0.15) is 0 Å². The summed E-state index contributed by atoms with van der Waals surface area (Å²) in [4.78, 5) is 2.53. The average molecular weight is 274 g/mol. The number of benzene rings is 1. The van der Waals surface area contributed by atoms with Gasteiger partial charge in [0.25, 0.3) is 0 Å². The Morgan fingerprint density at radius 1 is 1.15 bits per heavy atom. The number of fused-ring (bicyclic) bond motifs is 1. The molecule has 3 rings (SSSR count). The van der Waals surface area contributed by atoms with Crippen LogP contribution >= 0.6 is 0 Å². The molecule has 1 heterocycles. The molecule has 1 N–H and O–H groups in total. The molecular formula is C17H26N2O. The molecule has 2 aliphatic rings. The van der Waals surface area contributed by atoms with E-state index in [0.29, 0.717) is 0 Å². The molecule has 1 aliphatic heterocycles. The number of nitrogens with zero attached hydrogens (tertiary/aromatic N) is 1. The zero-order valence-electron chi connectivity index (χ0n) is 12.3. The normalized spacial score (nSPS) is 19.2. The predicted octanol–water partition coefficient (Wildman–Crippen LogP) is 2.80. The van der Waals surface area contributed by atoms with Gasteiger partial charge in [-0.15, -0.1) is 0 Å². The van der Waals surface area contributed by atoms with E-state index in [4.69, 9.17) is 4.74 Å². The predicted molar refractivity (Wildman–Crippen MR) is 82.1 cm³/mol. The van der Waals surface area contributed by atoms with Crippen molar-refractivity contribution >= 4 is 0 Å². The topological polar surface area (TPSA) is 24.5 Å². The van der Waals surface area contributed by atoms with Crippen LogP contribution in [-0.2, 0) is 6.54 Å². The van der Waals surface area contributed by atoms with Gasteiger partial charge in [0.1, 0.15) is 12.4 Å². The minimum Gasteiger partial charge on any atom is -0.492 e. The second kappa shape index (κ2) is 7.09. The number of unbranched alkanes of at least 4 members (excludes halogenated alkanes) is 2. The SMILES string of the molecule is c1ccc2c(c1)CN(CCCCCNC1CC1)CCO2. The fourth-order valence-electron chi connectivity index (χ4n) is 2.80. The fraction of sp³-hybridized carbons (Fsp3) is 0.647. The lowest BCUT2D eigenvalue weighted by Gasteiger charge is -2.19. The van der Waals surface area contributed by atoms with Crippen LogP contribution in [0, 0.1) is 0 Å². The minimum atomic E-state index is 0.820. The lowest BCUT2D eigenvalue weighted by atomic mass is 10.1. The van der Waals surface area contributed by atoms with Crippen LogP contribution in [0.3, 0.4) is 0 Å². The average Bonchev–Trinajstić information content (AvgIpc) is 3.29. The van der Waals surface area contributed by atoms with Gasteiger partial charge >= 0.3 is 0 Å². The lowest BCUT2D eigenvalue weighted by Crippen LogP contribution is -2.27. The van der Waals surface area contributed by atoms with Gasteiger partial charge in [-0.1, -0.05) is 24.6 Å². The third-order valence-electron chi connectivity index (χ3n) is 4.19. The Morgan fingerprint density at radius 2 is 2.05 bits per heavy atom. The zero-order chi connectivity index (χ0) is 13.6. The first kappa shape index (κ1) is 13.9. The van der Waals surface area contributed by atoms with E-state index in [1.807, 2.05) is 0 Å². The molecule has 20 heavy (non-hydrogen) atoms. The van der Waals surface area contributed by atoms with E-state index in [1.54, 1.807) is 0 Å². The molecule has 1 aliphatic carbocycles. The summed E-state index contributed by atoms with van der Waals surface area (Å²) in [5.74, 6) is 1.07. The fourth-order valence-corrected chi connectivity index (χ4v) is 2.80. The highest BCUT2D eigenvalue weighted by Crippen LogP contribution is 2.22. The van der Waals surface area contributed by atoms with E-state index in [-0.39, 0.29) is 0 Å². The van der Waals surface area contributed by atoms with Crippen molar-refractivity contribution in [2.75, 3.05) is 26.2 Å². The lowest BCUT2D eigenvalue weighted by molar-refractivity contribution is 0.222. The van der Waals surface area contributed by atoms with Crippen molar-refractivity contribution in [3.8, 4) is 5.75 Å². The van der Waals surface area contributed by atoms with E-state index < -0.39 is 0 Å². The van der Waals surface area contributed by atoms with E-state index >= 15 is 0 Å². The largest absolute Gasteiger partial charge is 0.492 e. The molecule has 0 unspecified atom stereocenters. The van der Waals surface area contributed by atoms with Crippen molar-refractivity contribution in [2.45, 2.75) is 44.7 Å². The molecule has 0 saturated heterocycles. The molecule has 0 spiro atoms. The first-order chi connectivity index (χ1) is 9.92. The van der Waals surface area contributed by atoms with E-state index in [0.717, 1.165) is 31.5 Å². The smallest absolute Gasteiger partial charge is 0.123 e. The summed E-state index contributed by atoms with van der Waals surface area (Å²) >= 11 is 0. The van der Waals surface area contributed by atoms with E-state index in [2.05, 4.69) is 34.5 Å². The highest BCUT2D eigenvalue weighted by Gasteiger charge is 2.19. The first-order valence-corrected chi connectivity index (χ1v) is 8.08. The molecule has 1 saturated carbocycles. The number of nitrogens with one attached hydrogen (secondary N) is 1. The number of para-hydroxylation sites is 1. The first-order valence-electron chi connectivity index (χ1n) is 8.08. The minimum absolute atomic E-state index is 0.820.